The van der Waals surface area contributed by atoms with Crippen molar-refractivity contribution in [3.63, 3.8) is 0 Å². The lowest BCUT2D eigenvalue weighted by Crippen LogP contribution is -2.40. The molecular formula is C14H15F3N2O3. The fourth-order valence-corrected chi connectivity index (χ4v) is 1.51. The molecular weight excluding hydrogens is 301 g/mol. The fourth-order valence-electron chi connectivity index (χ4n) is 1.51. The molecule has 2 N–H and O–H groups in total. The van der Waals surface area contributed by atoms with Crippen molar-refractivity contribution in [1.29, 1.82) is 0 Å². The van der Waals surface area contributed by atoms with E-state index in [4.69, 9.17) is 5.11 Å². The Balaban J connectivity index is 2.69. The number of benzene rings is 1. The van der Waals surface area contributed by atoms with Gasteiger partial charge >= 0.3 is 6.18 Å². The highest BCUT2D eigenvalue weighted by atomic mass is 19.4. The van der Waals surface area contributed by atoms with Crippen LogP contribution in [0.3, 0.4) is 0 Å². The Morgan fingerprint density at radius 2 is 1.91 bits per heavy atom. The van der Waals surface area contributed by atoms with E-state index in [2.05, 4.69) is 6.58 Å². The summed E-state index contributed by atoms with van der Waals surface area (Å²) >= 11 is 0. The lowest BCUT2D eigenvalue weighted by Gasteiger charge is -2.16. The highest BCUT2D eigenvalue weighted by Crippen LogP contribution is 2.19. The van der Waals surface area contributed by atoms with Gasteiger partial charge in [0.1, 0.15) is 0 Å². The summed E-state index contributed by atoms with van der Waals surface area (Å²) in [6, 6.07) is 5.65. The van der Waals surface area contributed by atoms with E-state index in [-0.39, 0.29) is 11.5 Å². The molecule has 0 aliphatic rings. The molecule has 2 amide bonds. The van der Waals surface area contributed by atoms with Crippen LogP contribution in [0.2, 0.25) is 0 Å². The topological polar surface area (TPSA) is 69.6 Å². The van der Waals surface area contributed by atoms with Gasteiger partial charge in [0, 0.05) is 18.3 Å². The van der Waals surface area contributed by atoms with Crippen molar-refractivity contribution in [2.45, 2.75) is 12.3 Å². The first kappa shape index (κ1) is 17.7. The average Bonchev–Trinajstić information content (AvgIpc) is 2.49. The molecule has 0 radical (unpaired) electrons. The van der Waals surface area contributed by atoms with Crippen LogP contribution in [-0.4, -0.2) is 42.8 Å². The van der Waals surface area contributed by atoms with Crippen LogP contribution in [0.1, 0.15) is 10.4 Å². The molecule has 1 atom stereocenters. The van der Waals surface area contributed by atoms with E-state index < -0.39 is 24.7 Å². The van der Waals surface area contributed by atoms with Gasteiger partial charge in [0.2, 0.25) is 5.91 Å². The Hall–Kier alpha value is -2.35. The first-order chi connectivity index (χ1) is 10.2. The second-order valence-electron chi connectivity index (χ2n) is 4.42. The van der Waals surface area contributed by atoms with Crippen LogP contribution in [0.5, 0.6) is 0 Å². The number of likely N-dealkylation sites (N-methyl/N-ethyl adjacent to an activating group) is 1. The van der Waals surface area contributed by atoms with Crippen LogP contribution in [0.4, 0.5) is 18.9 Å². The summed E-state index contributed by atoms with van der Waals surface area (Å²) in [4.78, 5) is 24.4. The second kappa shape index (κ2) is 7.08. The van der Waals surface area contributed by atoms with Gasteiger partial charge in [-0.3, -0.25) is 9.59 Å². The second-order valence-corrected chi connectivity index (χ2v) is 4.42. The van der Waals surface area contributed by atoms with Gasteiger partial charge in [0.25, 0.3) is 5.91 Å². The molecule has 0 spiro atoms. The van der Waals surface area contributed by atoms with E-state index >= 15 is 0 Å². The maximum Gasteiger partial charge on any atom is 0.416 e. The Labute approximate surface area is 125 Å². The number of amides is 2. The van der Waals surface area contributed by atoms with E-state index in [0.717, 1.165) is 6.08 Å². The maximum absolute atomic E-state index is 12.1. The number of alkyl halides is 3. The lowest BCUT2D eigenvalue weighted by atomic mass is 10.2. The van der Waals surface area contributed by atoms with Crippen molar-refractivity contribution in [3.05, 3.63) is 42.5 Å². The van der Waals surface area contributed by atoms with Crippen molar-refractivity contribution in [2.75, 3.05) is 18.5 Å². The number of aliphatic hydroxyl groups is 1. The van der Waals surface area contributed by atoms with E-state index in [9.17, 15) is 22.8 Å². The largest absolute Gasteiger partial charge is 0.416 e. The van der Waals surface area contributed by atoms with E-state index in [0.29, 0.717) is 5.69 Å². The number of anilines is 1. The number of carbonyl (C=O) groups is 2. The number of nitrogens with one attached hydrogen (secondary N) is 1. The molecule has 0 aromatic heterocycles. The van der Waals surface area contributed by atoms with E-state index in [1.165, 1.54) is 36.2 Å². The Morgan fingerprint density at radius 1 is 1.36 bits per heavy atom. The first-order valence-electron chi connectivity index (χ1n) is 6.20. The first-order valence-corrected chi connectivity index (χ1v) is 6.20. The zero-order valence-corrected chi connectivity index (χ0v) is 11.7. The van der Waals surface area contributed by atoms with Crippen molar-refractivity contribution in [3.8, 4) is 0 Å². The third kappa shape index (κ3) is 4.59. The lowest BCUT2D eigenvalue weighted by molar-refractivity contribution is -0.201. The molecule has 8 heteroatoms. The predicted octanol–water partition coefficient (Wildman–Crippen LogP) is 1.49. The van der Waals surface area contributed by atoms with Crippen LogP contribution in [0.25, 0.3) is 0 Å². The van der Waals surface area contributed by atoms with E-state index in [1.54, 1.807) is 0 Å². The smallest absolute Gasteiger partial charge is 0.382 e. The van der Waals surface area contributed by atoms with Gasteiger partial charge in [0.05, 0.1) is 6.54 Å². The minimum Gasteiger partial charge on any atom is -0.382 e. The van der Waals surface area contributed by atoms with Gasteiger partial charge in [-0.25, -0.2) is 0 Å². The monoisotopic (exact) mass is 316 g/mol. The van der Waals surface area contributed by atoms with Gasteiger partial charge < -0.3 is 15.3 Å². The third-order valence-electron chi connectivity index (χ3n) is 2.86. The molecule has 0 saturated carbocycles. The molecule has 22 heavy (non-hydrogen) atoms. The summed E-state index contributed by atoms with van der Waals surface area (Å²) in [5.41, 5.74) is 0.606. The molecule has 0 fully saturated rings. The number of rotatable bonds is 5. The van der Waals surface area contributed by atoms with Crippen molar-refractivity contribution in [2.24, 2.45) is 0 Å². The molecule has 0 aliphatic heterocycles. The van der Waals surface area contributed by atoms with Gasteiger partial charge in [-0.1, -0.05) is 6.58 Å². The van der Waals surface area contributed by atoms with Crippen molar-refractivity contribution < 1.29 is 27.9 Å². The molecule has 1 aromatic rings. The molecule has 1 aromatic carbocycles. The highest BCUT2D eigenvalue weighted by Gasteiger charge is 2.38. The predicted molar refractivity (Wildman–Crippen MR) is 74.4 cm³/mol. The summed E-state index contributed by atoms with van der Waals surface area (Å²) in [5.74, 6) is -1.10. The molecule has 0 heterocycles. The van der Waals surface area contributed by atoms with E-state index in [1.807, 2.05) is 5.32 Å². The number of carbonyl (C=O) groups excluding carboxylic acids is 2. The summed E-state index contributed by atoms with van der Waals surface area (Å²) in [7, 11) is 1.51. The number of aliphatic hydroxyl groups excluding tert-OH is 1. The summed E-state index contributed by atoms with van der Waals surface area (Å²) in [6.45, 7) is 2.41. The van der Waals surface area contributed by atoms with Gasteiger partial charge in [-0.15, -0.1) is 0 Å². The molecule has 0 aliphatic carbocycles. The van der Waals surface area contributed by atoms with Crippen LogP contribution < -0.4 is 10.2 Å². The zero-order valence-electron chi connectivity index (χ0n) is 11.7. The molecule has 1 rings (SSSR count). The molecule has 0 bridgehead atoms. The molecule has 0 saturated heterocycles. The maximum atomic E-state index is 12.1. The molecule has 120 valence electrons. The highest BCUT2D eigenvalue weighted by molar-refractivity contribution is 6.01. The van der Waals surface area contributed by atoms with Crippen LogP contribution in [-0.2, 0) is 4.79 Å². The zero-order chi connectivity index (χ0) is 16.9. The minimum absolute atomic E-state index is 0.109. The summed E-state index contributed by atoms with van der Waals surface area (Å²) in [5, 5.41) is 10.8. The average molecular weight is 316 g/mol. The van der Waals surface area contributed by atoms with Gasteiger partial charge in [-0.05, 0) is 30.3 Å². The summed E-state index contributed by atoms with van der Waals surface area (Å²) < 4.78 is 36.3. The number of nitrogens with zero attached hydrogens (tertiary/aromatic N) is 1. The van der Waals surface area contributed by atoms with Crippen LogP contribution >= 0.6 is 0 Å². The molecule has 0 unspecified atom stereocenters. The van der Waals surface area contributed by atoms with Crippen LogP contribution in [0, 0.1) is 0 Å². The van der Waals surface area contributed by atoms with Crippen molar-refractivity contribution >= 4 is 17.5 Å². The van der Waals surface area contributed by atoms with Crippen molar-refractivity contribution in [1.82, 2.24) is 5.32 Å². The third-order valence-corrected chi connectivity index (χ3v) is 2.86. The van der Waals surface area contributed by atoms with Gasteiger partial charge in [-0.2, -0.15) is 13.2 Å². The number of hydrogen-bond acceptors (Lipinski definition) is 3. The SMILES string of the molecule is C=CC(=O)N(C)c1ccc(C(=O)NC[C@H](O)C(F)(F)F)cc1. The fraction of sp³-hybridized carbons (Fsp3) is 0.286. The number of hydrogen-bond donors (Lipinski definition) is 2. The Bertz CT molecular complexity index is 555. The number of halogens is 3. The standard InChI is InChI=1S/C14H15F3N2O3/c1-3-12(21)19(2)10-6-4-9(5-7-10)13(22)18-8-11(20)14(15,16)17/h3-7,11,20H,1,8H2,2H3,(H,18,22)/t11-/m0/s1. The van der Waals surface area contributed by atoms with Crippen LogP contribution in [0.15, 0.2) is 36.9 Å². The quantitative estimate of drug-likeness (QED) is 0.809. The minimum atomic E-state index is -4.79. The Kier molecular flexibility index (Phi) is 5.69. The Morgan fingerprint density at radius 3 is 2.36 bits per heavy atom. The summed E-state index contributed by atoms with van der Waals surface area (Å²) in [6.07, 6.45) is -6.28. The molecule has 5 nitrogen and oxygen atoms in total. The van der Waals surface area contributed by atoms with Gasteiger partial charge in [0.15, 0.2) is 6.10 Å². The normalized spacial score (nSPS) is 12.4.